The quantitative estimate of drug-likeness (QED) is 0.333. The largest absolute Gasteiger partial charge is 0.508 e. The number of esters is 1. The van der Waals surface area contributed by atoms with Crippen LogP contribution < -0.4 is 10.1 Å². The predicted molar refractivity (Wildman–Crippen MR) is 134 cm³/mol. The molecule has 0 bridgehead atoms. The van der Waals surface area contributed by atoms with Gasteiger partial charge in [-0.25, -0.2) is 0 Å². The average molecular weight is 474 g/mol. The van der Waals surface area contributed by atoms with Crippen LogP contribution in [0.25, 0.3) is 21.6 Å². The molecule has 0 radical (unpaired) electrons. The number of aromatic hydroxyl groups is 1. The molecule has 1 amide bonds. The highest BCUT2D eigenvalue weighted by molar-refractivity contribution is 7.15. The minimum absolute atomic E-state index is 0.106. The number of anilines is 1. The highest BCUT2D eigenvalue weighted by atomic mass is 32.1. The van der Waals surface area contributed by atoms with E-state index in [-0.39, 0.29) is 24.0 Å². The van der Waals surface area contributed by atoms with Crippen LogP contribution in [-0.2, 0) is 16.0 Å². The number of thiophene rings is 1. The van der Waals surface area contributed by atoms with E-state index in [1.807, 2.05) is 42.5 Å². The van der Waals surface area contributed by atoms with Crippen molar-refractivity contribution in [3.8, 4) is 33.1 Å². The van der Waals surface area contributed by atoms with Crippen molar-refractivity contribution in [2.24, 2.45) is 0 Å². The normalized spacial score (nSPS) is 10.5. The van der Waals surface area contributed by atoms with Crippen molar-refractivity contribution >= 4 is 28.9 Å². The Morgan fingerprint density at radius 2 is 1.74 bits per heavy atom. The Balaban J connectivity index is 1.59. The molecular weight excluding hydrogens is 450 g/mol. The highest BCUT2D eigenvalue weighted by Gasteiger charge is 2.15. The summed E-state index contributed by atoms with van der Waals surface area (Å²) in [7, 11) is 2.90. The first-order chi connectivity index (χ1) is 16.5. The third-order valence-electron chi connectivity index (χ3n) is 5.27. The van der Waals surface area contributed by atoms with Gasteiger partial charge in [0.2, 0.25) is 0 Å². The average Bonchev–Trinajstić information content (AvgIpc) is 3.32. The van der Waals surface area contributed by atoms with Gasteiger partial charge in [0.05, 0.1) is 20.6 Å². The van der Waals surface area contributed by atoms with Gasteiger partial charge in [0.15, 0.2) is 0 Å². The molecule has 0 aliphatic carbocycles. The summed E-state index contributed by atoms with van der Waals surface area (Å²) >= 11 is 1.49. The molecule has 7 heteroatoms. The standard InChI is InChI=1S/C27H23NO5S/c1-32-24-15-19(29)10-12-21(24)17-6-5-7-18(14-17)27(31)28-23-9-4-3-8-22(23)25-13-11-20(34-25)16-26(30)33-2/h3-15,29H,16H2,1-2H3,(H,28,31). The van der Waals surface area contributed by atoms with E-state index in [1.165, 1.54) is 31.6 Å². The highest BCUT2D eigenvalue weighted by Crippen LogP contribution is 2.35. The lowest BCUT2D eigenvalue weighted by atomic mass is 10.0. The lowest BCUT2D eigenvalue weighted by molar-refractivity contribution is -0.139. The van der Waals surface area contributed by atoms with E-state index >= 15 is 0 Å². The number of phenolic OH excluding ortho intramolecular Hbond substituents is 1. The van der Waals surface area contributed by atoms with Crippen LogP contribution in [0.1, 0.15) is 15.2 Å². The van der Waals surface area contributed by atoms with Gasteiger partial charge >= 0.3 is 5.97 Å². The topological polar surface area (TPSA) is 84.9 Å². The fourth-order valence-electron chi connectivity index (χ4n) is 3.58. The molecule has 4 rings (SSSR count). The first kappa shape index (κ1) is 23.1. The van der Waals surface area contributed by atoms with Gasteiger partial charge in [0, 0.05) is 38.2 Å². The zero-order chi connectivity index (χ0) is 24.1. The number of ether oxygens (including phenoxy) is 2. The molecule has 0 aliphatic rings. The van der Waals surface area contributed by atoms with Crippen molar-refractivity contribution in [1.82, 2.24) is 0 Å². The number of para-hydroxylation sites is 1. The Kier molecular flexibility index (Phi) is 6.94. The summed E-state index contributed by atoms with van der Waals surface area (Å²) in [6.45, 7) is 0. The molecule has 6 nitrogen and oxygen atoms in total. The van der Waals surface area contributed by atoms with Crippen molar-refractivity contribution in [2.75, 3.05) is 19.5 Å². The van der Waals surface area contributed by atoms with Gasteiger partial charge in [-0.2, -0.15) is 0 Å². The number of hydrogen-bond acceptors (Lipinski definition) is 6. The fourth-order valence-corrected chi connectivity index (χ4v) is 4.61. The summed E-state index contributed by atoms with van der Waals surface area (Å²) < 4.78 is 10.1. The molecule has 0 saturated carbocycles. The Labute approximate surface area is 201 Å². The maximum absolute atomic E-state index is 13.1. The van der Waals surface area contributed by atoms with Crippen molar-refractivity contribution < 1.29 is 24.2 Å². The van der Waals surface area contributed by atoms with E-state index in [4.69, 9.17) is 9.47 Å². The SMILES string of the molecule is COC(=O)Cc1ccc(-c2ccccc2NC(=O)c2cccc(-c3ccc(O)cc3OC)c2)s1. The number of carbonyl (C=O) groups excluding carboxylic acids is 2. The summed E-state index contributed by atoms with van der Waals surface area (Å²) in [5.74, 6) is 0.0799. The summed E-state index contributed by atoms with van der Waals surface area (Å²) in [5, 5.41) is 12.7. The molecule has 4 aromatic rings. The van der Waals surface area contributed by atoms with Gasteiger partial charge in [-0.15, -0.1) is 11.3 Å². The van der Waals surface area contributed by atoms with Crippen LogP contribution in [0.15, 0.2) is 78.9 Å². The second kappa shape index (κ2) is 10.2. The minimum Gasteiger partial charge on any atom is -0.508 e. The van der Waals surface area contributed by atoms with Crippen LogP contribution in [0, 0.1) is 0 Å². The Bertz CT molecular complexity index is 1340. The van der Waals surface area contributed by atoms with Gasteiger partial charge in [-0.05, 0) is 48.0 Å². The monoisotopic (exact) mass is 473 g/mol. The van der Waals surface area contributed by atoms with Gasteiger partial charge in [-0.3, -0.25) is 9.59 Å². The van der Waals surface area contributed by atoms with Gasteiger partial charge in [-0.1, -0.05) is 30.3 Å². The van der Waals surface area contributed by atoms with Crippen molar-refractivity contribution in [2.45, 2.75) is 6.42 Å². The van der Waals surface area contributed by atoms with Crippen LogP contribution in [0.5, 0.6) is 11.5 Å². The molecule has 0 aliphatic heterocycles. The lowest BCUT2D eigenvalue weighted by Crippen LogP contribution is -2.12. The van der Waals surface area contributed by atoms with Crippen molar-refractivity contribution in [1.29, 1.82) is 0 Å². The van der Waals surface area contributed by atoms with E-state index in [1.54, 1.807) is 30.3 Å². The summed E-state index contributed by atoms with van der Waals surface area (Å²) in [6, 6.07) is 23.5. The number of nitrogens with one attached hydrogen (secondary N) is 1. The molecule has 3 aromatic carbocycles. The van der Waals surface area contributed by atoms with E-state index in [9.17, 15) is 14.7 Å². The first-order valence-corrected chi connectivity index (χ1v) is 11.3. The minimum atomic E-state index is -0.292. The van der Waals surface area contributed by atoms with Crippen LogP contribution in [0.2, 0.25) is 0 Å². The molecule has 2 N–H and O–H groups in total. The van der Waals surface area contributed by atoms with Gasteiger partial charge < -0.3 is 19.9 Å². The third-order valence-corrected chi connectivity index (χ3v) is 6.39. The summed E-state index contributed by atoms with van der Waals surface area (Å²) in [4.78, 5) is 26.6. The van der Waals surface area contributed by atoms with Crippen molar-refractivity contribution in [3.63, 3.8) is 0 Å². The summed E-state index contributed by atoms with van der Waals surface area (Å²) in [6.07, 6.45) is 0.212. The smallest absolute Gasteiger partial charge is 0.310 e. The predicted octanol–water partition coefficient (Wildman–Crippen LogP) is 5.76. The number of rotatable bonds is 7. The second-order valence-electron chi connectivity index (χ2n) is 7.48. The van der Waals surface area contributed by atoms with Crippen LogP contribution >= 0.6 is 11.3 Å². The summed E-state index contributed by atoms with van der Waals surface area (Å²) in [5.41, 5.74) is 3.59. The zero-order valence-corrected chi connectivity index (χ0v) is 19.5. The Hall–Kier alpha value is -4.10. The Morgan fingerprint density at radius 3 is 2.53 bits per heavy atom. The van der Waals surface area contributed by atoms with E-state index in [0.717, 1.165) is 26.4 Å². The molecule has 34 heavy (non-hydrogen) atoms. The number of carbonyl (C=O) groups is 2. The third kappa shape index (κ3) is 5.10. The number of hydrogen-bond donors (Lipinski definition) is 2. The van der Waals surface area contributed by atoms with Gasteiger partial charge in [0.1, 0.15) is 11.5 Å². The van der Waals surface area contributed by atoms with Gasteiger partial charge in [0.25, 0.3) is 5.91 Å². The number of methoxy groups -OCH3 is 2. The first-order valence-electron chi connectivity index (χ1n) is 10.5. The number of phenols is 1. The number of benzene rings is 3. The van der Waals surface area contributed by atoms with E-state index in [0.29, 0.717) is 17.0 Å². The lowest BCUT2D eigenvalue weighted by Gasteiger charge is -2.12. The van der Waals surface area contributed by atoms with Crippen molar-refractivity contribution in [3.05, 3.63) is 89.3 Å². The molecule has 0 unspecified atom stereocenters. The molecule has 172 valence electrons. The molecular formula is C27H23NO5S. The van der Waals surface area contributed by atoms with E-state index in [2.05, 4.69) is 5.32 Å². The molecule has 0 fully saturated rings. The molecule has 0 spiro atoms. The van der Waals surface area contributed by atoms with Crippen LogP contribution in [-0.4, -0.2) is 31.2 Å². The number of amides is 1. The zero-order valence-electron chi connectivity index (χ0n) is 18.7. The molecule has 0 atom stereocenters. The second-order valence-corrected chi connectivity index (χ2v) is 8.65. The molecule has 1 aromatic heterocycles. The van der Waals surface area contributed by atoms with Crippen LogP contribution in [0.3, 0.4) is 0 Å². The Morgan fingerprint density at radius 1 is 0.912 bits per heavy atom. The maximum Gasteiger partial charge on any atom is 0.310 e. The van der Waals surface area contributed by atoms with E-state index < -0.39 is 0 Å². The van der Waals surface area contributed by atoms with Crippen LogP contribution in [0.4, 0.5) is 5.69 Å². The fraction of sp³-hybridized carbons (Fsp3) is 0.111. The maximum atomic E-state index is 13.1. The molecule has 1 heterocycles. The molecule has 0 saturated heterocycles.